The van der Waals surface area contributed by atoms with E-state index in [1.54, 1.807) is 0 Å². The first-order valence-electron chi connectivity index (χ1n) is 23.6. The average Bonchev–Trinajstić information content (AvgIpc) is 3.15. The minimum absolute atomic E-state index is 0.00483. The van der Waals surface area contributed by atoms with Crippen molar-refractivity contribution >= 4 is 12.1 Å². The minimum atomic E-state index is -0.516. The Morgan fingerprint density at radius 1 is 0.519 bits per heavy atom. The van der Waals surface area contributed by atoms with Crippen molar-refractivity contribution in [3.8, 4) is 0 Å². The topological polar surface area (TPSA) is 85.3 Å². The third-order valence-corrected chi connectivity index (χ3v) is 11.0. The van der Waals surface area contributed by atoms with Gasteiger partial charge in [0.15, 0.2) is 0 Å². The third-order valence-electron chi connectivity index (χ3n) is 11.0. The molecule has 0 aromatic heterocycles. The zero-order valence-corrected chi connectivity index (χ0v) is 36.9. The molecular formula is C47H93NO6. The number of nitrogens with zero attached hydrogens (tertiary/aromatic N) is 1. The van der Waals surface area contributed by atoms with Gasteiger partial charge < -0.3 is 24.2 Å². The number of aliphatic hydroxyl groups excluding tert-OH is 1. The normalized spacial score (nSPS) is 11.9. The molecule has 322 valence electrons. The molecule has 0 atom stereocenters. The molecule has 0 heterocycles. The van der Waals surface area contributed by atoms with E-state index in [-0.39, 0.29) is 18.0 Å². The molecule has 0 amide bonds. The number of carbonyl (C=O) groups is 2. The molecule has 0 aliphatic carbocycles. The fourth-order valence-corrected chi connectivity index (χ4v) is 7.34. The van der Waals surface area contributed by atoms with Gasteiger partial charge in [0.05, 0.1) is 19.8 Å². The summed E-state index contributed by atoms with van der Waals surface area (Å²) < 4.78 is 16.4. The van der Waals surface area contributed by atoms with Crippen molar-refractivity contribution in [3.63, 3.8) is 0 Å². The molecule has 0 saturated heterocycles. The van der Waals surface area contributed by atoms with E-state index in [2.05, 4.69) is 39.5 Å². The van der Waals surface area contributed by atoms with Crippen molar-refractivity contribution in [1.82, 2.24) is 4.90 Å². The molecule has 0 spiro atoms. The van der Waals surface area contributed by atoms with Crippen LogP contribution >= 0.6 is 0 Å². The van der Waals surface area contributed by atoms with Gasteiger partial charge in [0.1, 0.15) is 0 Å². The SMILES string of the molecule is CCCCCCCCCOC(=O)OCCCCCCCN(CCCCO)CCCCCC(C)(C)COC(=O)CC(CCCCCCC)CCCCCCC. The van der Waals surface area contributed by atoms with Gasteiger partial charge in [-0.1, -0.05) is 169 Å². The molecule has 0 saturated carbocycles. The Bertz CT molecular complexity index is 791. The molecule has 0 aromatic rings. The largest absolute Gasteiger partial charge is 0.508 e. The van der Waals surface area contributed by atoms with Gasteiger partial charge in [-0.25, -0.2) is 4.79 Å². The summed E-state index contributed by atoms with van der Waals surface area (Å²) in [6, 6.07) is 0. The quantitative estimate of drug-likeness (QED) is 0.0489. The molecule has 0 fully saturated rings. The lowest BCUT2D eigenvalue weighted by molar-refractivity contribution is -0.148. The van der Waals surface area contributed by atoms with Crippen molar-refractivity contribution in [2.45, 2.75) is 234 Å². The maximum absolute atomic E-state index is 12.9. The van der Waals surface area contributed by atoms with E-state index >= 15 is 0 Å². The predicted octanol–water partition coefficient (Wildman–Crippen LogP) is 13.8. The Labute approximate surface area is 336 Å². The average molecular weight is 768 g/mol. The number of unbranched alkanes of at least 4 members (excludes halogenated alkanes) is 21. The molecule has 0 aliphatic rings. The van der Waals surface area contributed by atoms with Crippen molar-refractivity contribution < 1.29 is 28.9 Å². The van der Waals surface area contributed by atoms with Crippen LogP contribution in [0.1, 0.15) is 234 Å². The molecule has 0 unspecified atom stereocenters. The molecule has 1 N–H and O–H groups in total. The van der Waals surface area contributed by atoms with E-state index in [4.69, 9.17) is 14.2 Å². The van der Waals surface area contributed by atoms with E-state index in [1.807, 2.05) is 0 Å². The molecule has 0 radical (unpaired) electrons. The number of hydrogen-bond donors (Lipinski definition) is 1. The van der Waals surface area contributed by atoms with Crippen LogP contribution in [0.3, 0.4) is 0 Å². The van der Waals surface area contributed by atoms with E-state index in [0.717, 1.165) is 77.4 Å². The molecule has 54 heavy (non-hydrogen) atoms. The maximum atomic E-state index is 12.9. The van der Waals surface area contributed by atoms with Crippen molar-refractivity contribution in [3.05, 3.63) is 0 Å². The highest BCUT2D eigenvalue weighted by Gasteiger charge is 2.22. The summed E-state index contributed by atoms with van der Waals surface area (Å²) in [7, 11) is 0. The summed E-state index contributed by atoms with van der Waals surface area (Å²) in [4.78, 5) is 27.3. The van der Waals surface area contributed by atoms with Crippen molar-refractivity contribution in [1.29, 1.82) is 0 Å². The molecule has 0 aromatic carbocycles. The van der Waals surface area contributed by atoms with E-state index in [9.17, 15) is 14.7 Å². The summed E-state index contributed by atoms with van der Waals surface area (Å²) in [5.74, 6) is 0.487. The number of esters is 1. The van der Waals surface area contributed by atoms with E-state index < -0.39 is 6.16 Å². The van der Waals surface area contributed by atoms with E-state index in [1.165, 1.54) is 135 Å². The first-order valence-corrected chi connectivity index (χ1v) is 23.6. The first-order chi connectivity index (χ1) is 26.3. The number of rotatable bonds is 42. The van der Waals surface area contributed by atoms with Crippen LogP contribution in [0, 0.1) is 11.3 Å². The van der Waals surface area contributed by atoms with Gasteiger partial charge in [0, 0.05) is 13.0 Å². The van der Waals surface area contributed by atoms with Gasteiger partial charge in [-0.2, -0.15) is 0 Å². The lowest BCUT2D eigenvalue weighted by atomic mass is 9.87. The summed E-state index contributed by atoms with van der Waals surface area (Å²) in [6.45, 7) is 16.2. The first kappa shape index (κ1) is 52.7. The summed E-state index contributed by atoms with van der Waals surface area (Å²) >= 11 is 0. The van der Waals surface area contributed by atoms with Gasteiger partial charge in [0.2, 0.25) is 0 Å². The van der Waals surface area contributed by atoms with Crippen LogP contribution in [0.2, 0.25) is 0 Å². The standard InChI is InChI=1S/C47H93NO6/c1-6-9-12-15-16-21-31-40-52-46(51)53-41-32-22-17-20-27-36-48(38-29-30-39-49)37-28-23-26-35-47(4,5)43-54-45(50)42-44(33-24-18-13-10-7-2)34-25-19-14-11-8-3/h44,49H,6-43H2,1-5H3. The Hall–Kier alpha value is -1.34. The second kappa shape index (κ2) is 39.9. The van der Waals surface area contributed by atoms with Gasteiger partial charge in [-0.15, -0.1) is 0 Å². The highest BCUT2D eigenvalue weighted by molar-refractivity contribution is 5.69. The van der Waals surface area contributed by atoms with Crippen LogP contribution in [0.25, 0.3) is 0 Å². The second-order valence-electron chi connectivity index (χ2n) is 17.2. The Morgan fingerprint density at radius 2 is 0.926 bits per heavy atom. The molecule has 0 rings (SSSR count). The molecule has 0 aliphatic heterocycles. The van der Waals surface area contributed by atoms with Gasteiger partial charge in [0.25, 0.3) is 0 Å². The highest BCUT2D eigenvalue weighted by atomic mass is 16.7. The number of hydrogen-bond acceptors (Lipinski definition) is 7. The lowest BCUT2D eigenvalue weighted by Gasteiger charge is -2.25. The minimum Gasteiger partial charge on any atom is -0.465 e. The van der Waals surface area contributed by atoms with Crippen LogP contribution in [-0.2, 0) is 19.0 Å². The van der Waals surface area contributed by atoms with Crippen molar-refractivity contribution in [2.24, 2.45) is 11.3 Å². The summed E-state index contributed by atoms with van der Waals surface area (Å²) in [5, 5.41) is 9.30. The smallest absolute Gasteiger partial charge is 0.465 e. The monoisotopic (exact) mass is 768 g/mol. The van der Waals surface area contributed by atoms with E-state index in [0.29, 0.717) is 32.2 Å². The van der Waals surface area contributed by atoms with Crippen molar-refractivity contribution in [2.75, 3.05) is 46.1 Å². The van der Waals surface area contributed by atoms with Crippen LogP contribution in [0.4, 0.5) is 4.79 Å². The lowest BCUT2D eigenvalue weighted by Crippen LogP contribution is -2.27. The zero-order chi connectivity index (χ0) is 39.8. The molecule has 7 heteroatoms. The summed E-state index contributed by atoms with van der Waals surface area (Å²) in [6.07, 6.45) is 35.7. The number of aliphatic hydroxyl groups is 1. The summed E-state index contributed by atoms with van der Waals surface area (Å²) in [5.41, 5.74) is 0.00483. The number of ether oxygens (including phenoxy) is 3. The van der Waals surface area contributed by atoms with Gasteiger partial charge >= 0.3 is 12.1 Å². The second-order valence-corrected chi connectivity index (χ2v) is 17.2. The van der Waals surface area contributed by atoms with Gasteiger partial charge in [-0.05, 0) is 88.8 Å². The van der Waals surface area contributed by atoms with Crippen LogP contribution < -0.4 is 0 Å². The van der Waals surface area contributed by atoms with Crippen LogP contribution in [0.15, 0.2) is 0 Å². The molecule has 7 nitrogen and oxygen atoms in total. The molecule has 0 bridgehead atoms. The zero-order valence-electron chi connectivity index (χ0n) is 36.9. The number of carbonyl (C=O) groups excluding carboxylic acids is 2. The fourth-order valence-electron chi connectivity index (χ4n) is 7.34. The predicted molar refractivity (Wildman–Crippen MR) is 229 cm³/mol. The Morgan fingerprint density at radius 3 is 1.41 bits per heavy atom. The fraction of sp³-hybridized carbons (Fsp3) is 0.957. The Kier molecular flexibility index (Phi) is 38.9. The van der Waals surface area contributed by atoms with Crippen LogP contribution in [-0.4, -0.2) is 68.2 Å². The Balaban J connectivity index is 4.22. The third kappa shape index (κ3) is 37.6. The molecular weight excluding hydrogens is 675 g/mol. The van der Waals surface area contributed by atoms with Gasteiger partial charge in [-0.3, -0.25) is 4.79 Å². The highest BCUT2D eigenvalue weighted by Crippen LogP contribution is 2.26. The maximum Gasteiger partial charge on any atom is 0.508 e. The van der Waals surface area contributed by atoms with Crippen LogP contribution in [0.5, 0.6) is 0 Å².